The van der Waals surface area contributed by atoms with Gasteiger partial charge < -0.3 is 15.2 Å². The summed E-state index contributed by atoms with van der Waals surface area (Å²) in [5.74, 6) is -0.0647. The molecule has 0 spiro atoms. The van der Waals surface area contributed by atoms with E-state index in [2.05, 4.69) is 6.58 Å². The van der Waals surface area contributed by atoms with Crippen molar-refractivity contribution in [1.82, 2.24) is 9.47 Å². The van der Waals surface area contributed by atoms with Gasteiger partial charge in [-0.15, -0.1) is 6.58 Å². The number of anilines is 1. The van der Waals surface area contributed by atoms with Gasteiger partial charge in [0.25, 0.3) is 5.56 Å². The number of rotatable bonds is 5. The molecule has 1 aliphatic rings. The maximum atomic E-state index is 12.1. The number of carbonyl (C=O) groups excluding carboxylic acids is 1. The zero-order valence-electron chi connectivity index (χ0n) is 10.2. The van der Waals surface area contributed by atoms with Crippen molar-refractivity contribution in [2.24, 2.45) is 0 Å². The molecule has 2 rings (SSSR count). The van der Waals surface area contributed by atoms with Crippen molar-refractivity contribution in [3.63, 3.8) is 0 Å². The van der Waals surface area contributed by atoms with Crippen molar-refractivity contribution in [1.29, 1.82) is 0 Å². The number of amides is 1. The monoisotopic (exact) mass is 247 g/mol. The first-order chi connectivity index (χ1) is 8.61. The Kier molecular flexibility index (Phi) is 3.50. The van der Waals surface area contributed by atoms with E-state index >= 15 is 0 Å². The average molecular weight is 247 g/mol. The molecule has 1 heterocycles. The van der Waals surface area contributed by atoms with Gasteiger partial charge in [0, 0.05) is 30.5 Å². The van der Waals surface area contributed by atoms with Crippen LogP contribution >= 0.6 is 0 Å². The van der Waals surface area contributed by atoms with Crippen molar-refractivity contribution in [3.05, 3.63) is 41.3 Å². The Balaban J connectivity index is 2.11. The van der Waals surface area contributed by atoms with Gasteiger partial charge in [-0.1, -0.05) is 6.08 Å². The Hall–Kier alpha value is -2.04. The predicted molar refractivity (Wildman–Crippen MR) is 70.0 cm³/mol. The molecular weight excluding hydrogens is 230 g/mol. The molecule has 0 saturated heterocycles. The van der Waals surface area contributed by atoms with Gasteiger partial charge in [0.2, 0.25) is 5.91 Å². The minimum Gasteiger partial charge on any atom is -0.398 e. The summed E-state index contributed by atoms with van der Waals surface area (Å²) in [4.78, 5) is 25.5. The van der Waals surface area contributed by atoms with Gasteiger partial charge in [-0.05, 0) is 18.9 Å². The van der Waals surface area contributed by atoms with Gasteiger partial charge in [0.15, 0.2) is 0 Å². The smallest absolute Gasteiger partial charge is 0.251 e. The molecule has 1 saturated carbocycles. The third kappa shape index (κ3) is 2.80. The SMILES string of the molecule is C=CCN(C(=O)Cn1cc(N)ccc1=O)C1CC1. The first-order valence-corrected chi connectivity index (χ1v) is 5.98. The molecule has 0 atom stereocenters. The third-order valence-corrected chi connectivity index (χ3v) is 2.95. The normalized spacial score (nSPS) is 14.2. The molecule has 96 valence electrons. The van der Waals surface area contributed by atoms with E-state index in [9.17, 15) is 9.59 Å². The molecule has 2 N–H and O–H groups in total. The number of hydrogen-bond acceptors (Lipinski definition) is 3. The summed E-state index contributed by atoms with van der Waals surface area (Å²) in [5.41, 5.74) is 5.87. The second-order valence-electron chi connectivity index (χ2n) is 4.49. The molecule has 1 aromatic rings. The Morgan fingerprint density at radius 2 is 2.28 bits per heavy atom. The first-order valence-electron chi connectivity index (χ1n) is 5.98. The molecule has 1 aliphatic carbocycles. The maximum Gasteiger partial charge on any atom is 0.251 e. The molecule has 1 fully saturated rings. The van der Waals surface area contributed by atoms with Crippen molar-refractivity contribution < 1.29 is 4.79 Å². The molecule has 18 heavy (non-hydrogen) atoms. The highest BCUT2D eigenvalue weighted by molar-refractivity contribution is 5.77. The third-order valence-electron chi connectivity index (χ3n) is 2.95. The van der Waals surface area contributed by atoms with E-state index in [1.807, 2.05) is 0 Å². The summed E-state index contributed by atoms with van der Waals surface area (Å²) in [6, 6.07) is 3.22. The van der Waals surface area contributed by atoms with Crippen molar-refractivity contribution in [2.75, 3.05) is 12.3 Å². The largest absolute Gasteiger partial charge is 0.398 e. The Morgan fingerprint density at radius 1 is 1.56 bits per heavy atom. The summed E-state index contributed by atoms with van der Waals surface area (Å²) in [5, 5.41) is 0. The van der Waals surface area contributed by atoms with Crippen LogP contribution in [-0.2, 0) is 11.3 Å². The lowest BCUT2D eigenvalue weighted by atomic mass is 10.3. The lowest BCUT2D eigenvalue weighted by Gasteiger charge is -2.21. The van der Waals surface area contributed by atoms with E-state index in [1.165, 1.54) is 22.9 Å². The fraction of sp³-hybridized carbons (Fsp3) is 0.385. The Morgan fingerprint density at radius 3 is 2.89 bits per heavy atom. The maximum absolute atomic E-state index is 12.1. The molecule has 0 unspecified atom stereocenters. The second kappa shape index (κ2) is 5.08. The summed E-state index contributed by atoms with van der Waals surface area (Å²) < 4.78 is 1.34. The van der Waals surface area contributed by atoms with Gasteiger partial charge in [-0.2, -0.15) is 0 Å². The van der Waals surface area contributed by atoms with Crippen molar-refractivity contribution >= 4 is 11.6 Å². The summed E-state index contributed by atoms with van der Waals surface area (Å²) in [6.07, 6.45) is 5.27. The van der Waals surface area contributed by atoms with Crippen LogP contribution in [0.4, 0.5) is 5.69 Å². The van der Waals surface area contributed by atoms with E-state index < -0.39 is 0 Å². The summed E-state index contributed by atoms with van der Waals surface area (Å²) >= 11 is 0. The number of nitrogen functional groups attached to an aromatic ring is 1. The van der Waals surface area contributed by atoms with Crippen LogP contribution in [0.25, 0.3) is 0 Å². The topological polar surface area (TPSA) is 68.3 Å². The molecule has 0 aliphatic heterocycles. The number of hydrogen-bond donors (Lipinski definition) is 1. The Bertz CT molecular complexity index is 517. The van der Waals surface area contributed by atoms with Gasteiger partial charge in [0.05, 0.1) is 0 Å². The lowest BCUT2D eigenvalue weighted by molar-refractivity contribution is -0.131. The van der Waals surface area contributed by atoms with Crippen LogP contribution in [0.1, 0.15) is 12.8 Å². The molecule has 0 aromatic carbocycles. The highest BCUT2D eigenvalue weighted by Crippen LogP contribution is 2.26. The van der Waals surface area contributed by atoms with E-state index in [-0.39, 0.29) is 18.0 Å². The molecule has 0 bridgehead atoms. The van der Waals surface area contributed by atoms with E-state index in [1.54, 1.807) is 11.0 Å². The van der Waals surface area contributed by atoms with Gasteiger partial charge in [-0.25, -0.2) is 0 Å². The van der Waals surface area contributed by atoms with E-state index in [0.717, 1.165) is 12.8 Å². The number of aromatic nitrogens is 1. The van der Waals surface area contributed by atoms with Gasteiger partial charge in [-0.3, -0.25) is 9.59 Å². The van der Waals surface area contributed by atoms with Crippen LogP contribution in [0.2, 0.25) is 0 Å². The van der Waals surface area contributed by atoms with Crippen LogP contribution < -0.4 is 11.3 Å². The van der Waals surface area contributed by atoms with Crippen LogP contribution in [0, 0.1) is 0 Å². The van der Waals surface area contributed by atoms with Gasteiger partial charge >= 0.3 is 0 Å². The van der Waals surface area contributed by atoms with Gasteiger partial charge in [0.1, 0.15) is 6.54 Å². The molecule has 1 aromatic heterocycles. The zero-order valence-corrected chi connectivity index (χ0v) is 10.2. The van der Waals surface area contributed by atoms with Crippen LogP contribution in [0.15, 0.2) is 35.8 Å². The first kappa shape index (κ1) is 12.4. The average Bonchev–Trinajstić information content (AvgIpc) is 3.14. The number of pyridine rings is 1. The fourth-order valence-corrected chi connectivity index (χ4v) is 1.89. The molecular formula is C13H17N3O2. The fourth-order valence-electron chi connectivity index (χ4n) is 1.89. The lowest BCUT2D eigenvalue weighted by Crippen LogP contribution is -2.37. The van der Waals surface area contributed by atoms with E-state index in [0.29, 0.717) is 18.3 Å². The number of nitrogens with two attached hydrogens (primary N) is 1. The van der Waals surface area contributed by atoms with Crippen LogP contribution in [0.5, 0.6) is 0 Å². The standard InChI is InChI=1S/C13H17N3O2/c1-2-7-16(11-4-5-11)13(18)9-15-8-10(14)3-6-12(15)17/h2-3,6,8,11H,1,4-5,7,9,14H2. The molecule has 5 heteroatoms. The van der Waals surface area contributed by atoms with Crippen LogP contribution in [0.3, 0.4) is 0 Å². The van der Waals surface area contributed by atoms with Crippen LogP contribution in [-0.4, -0.2) is 28.0 Å². The molecule has 5 nitrogen and oxygen atoms in total. The number of nitrogens with zero attached hydrogens (tertiary/aromatic N) is 2. The second-order valence-corrected chi connectivity index (χ2v) is 4.49. The zero-order chi connectivity index (χ0) is 13.1. The minimum absolute atomic E-state index is 0.0359. The number of carbonyl (C=O) groups is 1. The highest BCUT2D eigenvalue weighted by Gasteiger charge is 2.31. The molecule has 0 radical (unpaired) electrons. The minimum atomic E-state index is -0.216. The molecule has 1 amide bonds. The van der Waals surface area contributed by atoms with Crippen molar-refractivity contribution in [3.8, 4) is 0 Å². The summed E-state index contributed by atoms with van der Waals surface area (Å²) in [7, 11) is 0. The predicted octanol–water partition coefficient (Wildman–Crippen LogP) is 0.607. The Labute approximate surface area is 106 Å². The van der Waals surface area contributed by atoms with Crippen molar-refractivity contribution in [2.45, 2.75) is 25.4 Å². The quantitative estimate of drug-likeness (QED) is 0.775. The highest BCUT2D eigenvalue weighted by atomic mass is 16.2. The van der Waals surface area contributed by atoms with E-state index in [4.69, 9.17) is 5.73 Å². The summed E-state index contributed by atoms with van der Waals surface area (Å²) in [6.45, 7) is 4.21.